The number of aromatic nitrogens is 1. The van der Waals surface area contributed by atoms with Crippen molar-refractivity contribution in [2.75, 3.05) is 19.6 Å². The van der Waals surface area contributed by atoms with E-state index in [0.717, 1.165) is 18.7 Å². The van der Waals surface area contributed by atoms with Crippen LogP contribution in [0.1, 0.15) is 57.6 Å². The number of carbonyl (C=O) groups is 1. The number of nitrogens with one attached hydrogen (secondary N) is 1. The molecule has 5 heteroatoms. The quantitative estimate of drug-likeness (QED) is 0.719. The molecule has 0 fully saturated rings. The van der Waals surface area contributed by atoms with Gasteiger partial charge in [-0.15, -0.1) is 0 Å². The van der Waals surface area contributed by atoms with Gasteiger partial charge in [-0.1, -0.05) is 39.8 Å². The summed E-state index contributed by atoms with van der Waals surface area (Å²) in [6.07, 6.45) is 0.240. The maximum absolute atomic E-state index is 12.3. The standard InChI is InChI=1S/C22H33N3O2/c1-7-25(8-2)16(5)14-23-21(26)13-20-17(6)27-22(24-20)19-11-9-18(10-12-19)15(3)4/h9-12,15-16H,7-8,13-14H2,1-6H3,(H,23,26). The van der Waals surface area contributed by atoms with Gasteiger partial charge in [-0.05, 0) is 50.6 Å². The van der Waals surface area contributed by atoms with E-state index in [4.69, 9.17) is 4.42 Å². The molecule has 1 unspecified atom stereocenters. The van der Waals surface area contributed by atoms with E-state index in [0.29, 0.717) is 35.8 Å². The highest BCUT2D eigenvalue weighted by Gasteiger charge is 2.16. The molecule has 0 aliphatic heterocycles. The maximum atomic E-state index is 12.3. The van der Waals surface area contributed by atoms with E-state index in [-0.39, 0.29) is 12.3 Å². The van der Waals surface area contributed by atoms with E-state index in [1.54, 1.807) is 0 Å². The minimum absolute atomic E-state index is 0.0212. The first kappa shape index (κ1) is 21.2. The number of amides is 1. The SMILES string of the molecule is CCN(CC)C(C)CNC(=O)Cc1nc(-c2ccc(C(C)C)cc2)oc1C. The summed E-state index contributed by atoms with van der Waals surface area (Å²) in [5.74, 6) is 1.74. The highest BCUT2D eigenvalue weighted by atomic mass is 16.4. The lowest BCUT2D eigenvalue weighted by molar-refractivity contribution is -0.120. The van der Waals surface area contributed by atoms with Crippen LogP contribution in [0, 0.1) is 6.92 Å². The summed E-state index contributed by atoms with van der Waals surface area (Å²) in [5.41, 5.74) is 2.92. The van der Waals surface area contributed by atoms with Crippen molar-refractivity contribution in [3.63, 3.8) is 0 Å². The van der Waals surface area contributed by atoms with Crippen LogP contribution in [0.2, 0.25) is 0 Å². The van der Waals surface area contributed by atoms with Gasteiger partial charge in [0, 0.05) is 18.2 Å². The molecule has 148 valence electrons. The molecule has 0 aliphatic rings. The molecule has 1 aromatic heterocycles. The molecular weight excluding hydrogens is 338 g/mol. The molecular formula is C22H33N3O2. The second-order valence-electron chi connectivity index (χ2n) is 7.35. The maximum Gasteiger partial charge on any atom is 0.226 e. The number of hydrogen-bond donors (Lipinski definition) is 1. The van der Waals surface area contributed by atoms with Gasteiger partial charge in [-0.2, -0.15) is 0 Å². The largest absolute Gasteiger partial charge is 0.441 e. The van der Waals surface area contributed by atoms with Gasteiger partial charge >= 0.3 is 0 Å². The Balaban J connectivity index is 1.98. The van der Waals surface area contributed by atoms with Crippen molar-refractivity contribution in [1.29, 1.82) is 0 Å². The Kier molecular flexibility index (Phi) is 7.60. The third-order valence-electron chi connectivity index (χ3n) is 5.08. The van der Waals surface area contributed by atoms with Gasteiger partial charge in [0.1, 0.15) is 5.76 Å². The predicted molar refractivity (Wildman–Crippen MR) is 110 cm³/mol. The lowest BCUT2D eigenvalue weighted by Gasteiger charge is -2.26. The Bertz CT molecular complexity index is 731. The van der Waals surface area contributed by atoms with Crippen LogP contribution >= 0.6 is 0 Å². The number of hydrogen-bond acceptors (Lipinski definition) is 4. The molecule has 0 aliphatic carbocycles. The van der Waals surface area contributed by atoms with Crippen LogP contribution in [0.25, 0.3) is 11.5 Å². The zero-order valence-electron chi connectivity index (χ0n) is 17.5. The number of nitrogens with zero attached hydrogens (tertiary/aromatic N) is 2. The lowest BCUT2D eigenvalue weighted by atomic mass is 10.0. The van der Waals surface area contributed by atoms with Crippen molar-refractivity contribution in [1.82, 2.24) is 15.2 Å². The highest BCUT2D eigenvalue weighted by molar-refractivity contribution is 5.78. The van der Waals surface area contributed by atoms with Crippen LogP contribution in [0.3, 0.4) is 0 Å². The second-order valence-corrected chi connectivity index (χ2v) is 7.35. The molecule has 27 heavy (non-hydrogen) atoms. The van der Waals surface area contributed by atoms with E-state index in [2.05, 4.69) is 62.0 Å². The van der Waals surface area contributed by atoms with E-state index >= 15 is 0 Å². The van der Waals surface area contributed by atoms with E-state index in [9.17, 15) is 4.79 Å². The Labute approximate surface area is 163 Å². The third kappa shape index (κ3) is 5.67. The minimum Gasteiger partial charge on any atom is -0.441 e. The topological polar surface area (TPSA) is 58.4 Å². The summed E-state index contributed by atoms with van der Waals surface area (Å²) in [4.78, 5) is 19.2. The van der Waals surface area contributed by atoms with Gasteiger partial charge < -0.3 is 9.73 Å². The molecule has 1 atom stereocenters. The van der Waals surface area contributed by atoms with Crippen LogP contribution in [0.4, 0.5) is 0 Å². The summed E-state index contributed by atoms with van der Waals surface area (Å²) in [5, 5.41) is 3.01. The smallest absolute Gasteiger partial charge is 0.226 e. The number of carbonyl (C=O) groups excluding carboxylic acids is 1. The minimum atomic E-state index is -0.0212. The molecule has 1 amide bonds. The monoisotopic (exact) mass is 371 g/mol. The Morgan fingerprint density at radius 3 is 2.33 bits per heavy atom. The van der Waals surface area contributed by atoms with Crippen molar-refractivity contribution in [3.8, 4) is 11.5 Å². The van der Waals surface area contributed by atoms with E-state index in [1.807, 2.05) is 19.1 Å². The fourth-order valence-corrected chi connectivity index (χ4v) is 3.18. The summed E-state index contributed by atoms with van der Waals surface area (Å²) in [6.45, 7) is 15.2. The molecule has 1 aromatic carbocycles. The van der Waals surface area contributed by atoms with Crippen molar-refractivity contribution in [3.05, 3.63) is 41.3 Å². The summed E-state index contributed by atoms with van der Waals surface area (Å²) < 4.78 is 5.80. The number of rotatable bonds is 9. The number of benzene rings is 1. The van der Waals surface area contributed by atoms with Gasteiger partial charge in [0.15, 0.2) is 0 Å². The fraction of sp³-hybridized carbons (Fsp3) is 0.545. The molecule has 1 heterocycles. The zero-order valence-corrected chi connectivity index (χ0v) is 17.5. The van der Waals surface area contributed by atoms with Gasteiger partial charge in [0.2, 0.25) is 11.8 Å². The Hall–Kier alpha value is -2.14. The van der Waals surface area contributed by atoms with Crippen LogP contribution in [0.15, 0.2) is 28.7 Å². The molecule has 2 rings (SSSR count). The zero-order chi connectivity index (χ0) is 20.0. The summed E-state index contributed by atoms with van der Waals surface area (Å²) in [6, 6.07) is 8.56. The molecule has 2 aromatic rings. The van der Waals surface area contributed by atoms with Crippen molar-refractivity contribution in [2.24, 2.45) is 0 Å². The fourth-order valence-electron chi connectivity index (χ4n) is 3.18. The van der Waals surface area contributed by atoms with Crippen molar-refractivity contribution >= 4 is 5.91 Å². The second kappa shape index (κ2) is 9.70. The summed E-state index contributed by atoms with van der Waals surface area (Å²) in [7, 11) is 0. The van der Waals surface area contributed by atoms with Crippen molar-refractivity contribution in [2.45, 2.75) is 59.9 Å². The van der Waals surface area contributed by atoms with Gasteiger partial charge in [0.25, 0.3) is 0 Å². The van der Waals surface area contributed by atoms with Crippen LogP contribution in [-0.2, 0) is 11.2 Å². The van der Waals surface area contributed by atoms with Crippen molar-refractivity contribution < 1.29 is 9.21 Å². The lowest BCUT2D eigenvalue weighted by Crippen LogP contribution is -2.42. The van der Waals surface area contributed by atoms with Gasteiger partial charge in [-0.3, -0.25) is 9.69 Å². The third-order valence-corrected chi connectivity index (χ3v) is 5.08. The summed E-state index contributed by atoms with van der Waals surface area (Å²) >= 11 is 0. The number of likely N-dealkylation sites (N-methyl/N-ethyl adjacent to an activating group) is 1. The van der Waals surface area contributed by atoms with Crippen LogP contribution in [0.5, 0.6) is 0 Å². The van der Waals surface area contributed by atoms with Crippen LogP contribution < -0.4 is 5.32 Å². The average molecular weight is 372 g/mol. The first-order valence-corrected chi connectivity index (χ1v) is 9.93. The molecule has 0 spiro atoms. The molecule has 0 saturated heterocycles. The van der Waals surface area contributed by atoms with E-state index in [1.165, 1.54) is 5.56 Å². The molecule has 1 N–H and O–H groups in total. The molecule has 0 saturated carbocycles. The Morgan fingerprint density at radius 1 is 1.15 bits per heavy atom. The molecule has 0 radical (unpaired) electrons. The highest BCUT2D eigenvalue weighted by Crippen LogP contribution is 2.24. The Morgan fingerprint density at radius 2 is 1.78 bits per heavy atom. The van der Waals surface area contributed by atoms with Gasteiger partial charge in [-0.25, -0.2) is 4.98 Å². The average Bonchev–Trinajstić information content (AvgIpc) is 3.01. The number of aryl methyl sites for hydroxylation is 1. The first-order valence-electron chi connectivity index (χ1n) is 9.93. The molecule has 5 nitrogen and oxygen atoms in total. The van der Waals surface area contributed by atoms with E-state index < -0.39 is 0 Å². The number of oxazole rings is 1. The first-order chi connectivity index (χ1) is 12.8. The normalized spacial score (nSPS) is 12.6. The molecule has 0 bridgehead atoms. The predicted octanol–water partition coefficient (Wildman–Crippen LogP) is 4.16. The van der Waals surface area contributed by atoms with Crippen LogP contribution in [-0.4, -0.2) is 41.5 Å². The van der Waals surface area contributed by atoms with Gasteiger partial charge in [0.05, 0.1) is 12.1 Å².